The summed E-state index contributed by atoms with van der Waals surface area (Å²) in [5.74, 6) is -1.05. The molecule has 0 radical (unpaired) electrons. The average molecular weight is 504 g/mol. The molecule has 2 N–H and O–H groups in total. The summed E-state index contributed by atoms with van der Waals surface area (Å²) >= 11 is 0. The molecule has 0 unspecified atom stereocenters. The second-order valence-electron chi connectivity index (χ2n) is 10.5. The van der Waals surface area contributed by atoms with E-state index in [1.54, 1.807) is 42.5 Å². The zero-order valence-corrected chi connectivity index (χ0v) is 21.9. The van der Waals surface area contributed by atoms with E-state index in [4.69, 9.17) is 9.16 Å². The van der Waals surface area contributed by atoms with Gasteiger partial charge in [-0.1, -0.05) is 51.1 Å². The van der Waals surface area contributed by atoms with Gasteiger partial charge in [0.15, 0.2) is 13.9 Å². The number of hydrogen-bond donors (Lipinski definition) is 2. The minimum atomic E-state index is -2.31. The van der Waals surface area contributed by atoms with Gasteiger partial charge >= 0.3 is 12.1 Å². The van der Waals surface area contributed by atoms with E-state index in [9.17, 15) is 24.2 Å². The van der Waals surface area contributed by atoms with Crippen LogP contribution in [-0.4, -0.2) is 47.6 Å². The molecule has 2 aromatic rings. The summed E-state index contributed by atoms with van der Waals surface area (Å²) in [7, 11) is -2.31. The minimum absolute atomic E-state index is 0.0591. The van der Waals surface area contributed by atoms with Crippen molar-refractivity contribution in [3.8, 4) is 5.75 Å². The van der Waals surface area contributed by atoms with Crippen molar-refractivity contribution in [2.75, 3.05) is 6.61 Å². The van der Waals surface area contributed by atoms with Gasteiger partial charge < -0.3 is 19.4 Å². The quantitative estimate of drug-likeness (QED) is 0.425. The third-order valence-corrected chi connectivity index (χ3v) is 11.8. The smallest absolute Gasteiger partial charge is 0.408 e. The van der Waals surface area contributed by atoms with E-state index in [0.717, 1.165) is 4.90 Å². The fraction of sp³-hybridized carbons (Fsp3) is 0.462. The van der Waals surface area contributed by atoms with E-state index in [1.807, 2.05) is 13.1 Å². The number of hydrogen-bond acceptors (Lipinski definition) is 4. The predicted octanol–water partition coefficient (Wildman–Crippen LogP) is 6.06. The Morgan fingerprint density at radius 1 is 1.11 bits per heavy atom. The van der Waals surface area contributed by atoms with Gasteiger partial charge in [0.2, 0.25) is 0 Å². The summed E-state index contributed by atoms with van der Waals surface area (Å²) in [5, 5.41) is 20.1. The number of ether oxygens (including phenoxy) is 1. The van der Waals surface area contributed by atoms with Crippen molar-refractivity contribution >= 4 is 20.4 Å². The van der Waals surface area contributed by atoms with E-state index in [2.05, 4.69) is 20.8 Å². The highest BCUT2D eigenvalue weighted by molar-refractivity contribution is 6.74. The second-order valence-corrected chi connectivity index (χ2v) is 15.4. The van der Waals surface area contributed by atoms with E-state index in [1.165, 1.54) is 6.07 Å². The van der Waals surface area contributed by atoms with Gasteiger partial charge in [-0.2, -0.15) is 0 Å². The number of likely N-dealkylation sites (tertiary alicyclic amines) is 1. The van der Waals surface area contributed by atoms with Crippen molar-refractivity contribution in [3.05, 3.63) is 65.5 Å². The van der Waals surface area contributed by atoms with Gasteiger partial charge in [0.05, 0.1) is 12.6 Å². The van der Waals surface area contributed by atoms with Crippen molar-refractivity contribution in [1.29, 1.82) is 0 Å². The molecule has 7 nitrogen and oxygen atoms in total. The van der Waals surface area contributed by atoms with E-state index >= 15 is 0 Å². The van der Waals surface area contributed by atoms with Crippen molar-refractivity contribution < 1.29 is 33.4 Å². The van der Waals surface area contributed by atoms with E-state index in [0.29, 0.717) is 23.3 Å². The van der Waals surface area contributed by atoms with Crippen molar-refractivity contribution in [3.63, 3.8) is 0 Å². The van der Waals surface area contributed by atoms with Gasteiger partial charge in [0.1, 0.15) is 18.2 Å². The first-order valence-corrected chi connectivity index (χ1v) is 14.6. The van der Waals surface area contributed by atoms with Crippen LogP contribution in [0, 0.1) is 5.82 Å². The Bertz CT molecular complexity index is 1070. The Morgan fingerprint density at radius 3 is 2.29 bits per heavy atom. The van der Waals surface area contributed by atoms with E-state index < -0.39 is 32.0 Å². The number of carboxylic acid groups (broad SMARTS) is 2. The molecule has 2 aromatic carbocycles. The monoisotopic (exact) mass is 503 g/mol. The fourth-order valence-electron chi connectivity index (χ4n) is 4.05. The summed E-state index contributed by atoms with van der Waals surface area (Å²) in [6.07, 6.45) is -0.789. The number of nitrogens with zero attached hydrogens (tertiary/aromatic N) is 1. The SMILES string of the molecule is CC(C)(C)[Si](C)(C)OC[C@@]1(C(=O)O)CC[C@H](c2ccc(OCc3ccccc3F)cc2)N1C(=O)O. The van der Waals surface area contributed by atoms with Gasteiger partial charge in [0.25, 0.3) is 0 Å². The Labute approximate surface area is 206 Å². The molecule has 1 fully saturated rings. The van der Waals surface area contributed by atoms with Crippen LogP contribution in [0.3, 0.4) is 0 Å². The van der Waals surface area contributed by atoms with Crippen LogP contribution < -0.4 is 4.74 Å². The Hall–Kier alpha value is -2.91. The molecular weight excluding hydrogens is 469 g/mol. The lowest BCUT2D eigenvalue weighted by Gasteiger charge is -2.41. The zero-order valence-electron chi connectivity index (χ0n) is 20.9. The molecule has 1 heterocycles. The molecule has 190 valence electrons. The zero-order chi connectivity index (χ0) is 26.0. The first kappa shape index (κ1) is 26.7. The molecular formula is C26H34FNO6Si. The molecule has 1 aliphatic rings. The minimum Gasteiger partial charge on any atom is -0.489 e. The molecule has 1 saturated heterocycles. The highest BCUT2D eigenvalue weighted by Crippen LogP contribution is 2.45. The number of amides is 1. The molecule has 9 heteroatoms. The average Bonchev–Trinajstić information content (AvgIpc) is 3.18. The van der Waals surface area contributed by atoms with Crippen molar-refractivity contribution in [2.45, 2.75) is 69.9 Å². The lowest BCUT2D eigenvalue weighted by Crippen LogP contribution is -2.58. The van der Waals surface area contributed by atoms with E-state index in [-0.39, 0.29) is 30.5 Å². The summed E-state index contributed by atoms with van der Waals surface area (Å²) in [6, 6.07) is 12.5. The van der Waals surface area contributed by atoms with Crippen LogP contribution in [0.4, 0.5) is 9.18 Å². The molecule has 0 saturated carbocycles. The van der Waals surface area contributed by atoms with Gasteiger partial charge in [-0.25, -0.2) is 14.0 Å². The molecule has 35 heavy (non-hydrogen) atoms. The van der Waals surface area contributed by atoms with Crippen LogP contribution in [0.5, 0.6) is 5.75 Å². The molecule has 0 aliphatic carbocycles. The van der Waals surface area contributed by atoms with Crippen molar-refractivity contribution in [2.24, 2.45) is 0 Å². The third kappa shape index (κ3) is 5.51. The number of carbonyl (C=O) groups is 2. The predicted molar refractivity (Wildman–Crippen MR) is 133 cm³/mol. The van der Waals surface area contributed by atoms with Crippen LogP contribution in [0.15, 0.2) is 48.5 Å². The molecule has 0 aromatic heterocycles. The standard InChI is InChI=1S/C26H34FNO6Si/c1-25(2,3)35(4,5)34-17-26(23(29)30)15-14-22(28(26)24(31)32)18-10-12-20(13-11-18)33-16-19-8-6-7-9-21(19)27/h6-13,22H,14-17H2,1-5H3,(H,29,30)(H,31,32)/t22-,26-/m1/s1. The highest BCUT2D eigenvalue weighted by Gasteiger charge is 2.56. The highest BCUT2D eigenvalue weighted by atomic mass is 28.4. The molecule has 2 atom stereocenters. The van der Waals surface area contributed by atoms with Gasteiger partial charge in [-0.15, -0.1) is 0 Å². The maximum absolute atomic E-state index is 13.8. The normalized spacial score (nSPS) is 20.6. The summed E-state index contributed by atoms with van der Waals surface area (Å²) in [4.78, 5) is 25.8. The van der Waals surface area contributed by atoms with Crippen LogP contribution in [0.25, 0.3) is 0 Å². The molecule has 1 amide bonds. The first-order valence-electron chi connectivity index (χ1n) is 11.6. The number of aliphatic carboxylic acids is 1. The van der Waals surface area contributed by atoms with Gasteiger partial charge in [-0.05, 0) is 54.7 Å². The Kier molecular flexibility index (Phi) is 7.61. The number of carboxylic acids is 1. The Balaban J connectivity index is 1.80. The van der Waals surface area contributed by atoms with Crippen LogP contribution in [0.1, 0.15) is 50.8 Å². The summed E-state index contributed by atoms with van der Waals surface area (Å²) < 4.78 is 25.7. The number of rotatable bonds is 8. The largest absolute Gasteiger partial charge is 0.489 e. The van der Waals surface area contributed by atoms with Crippen LogP contribution in [0.2, 0.25) is 18.1 Å². The van der Waals surface area contributed by atoms with Crippen LogP contribution in [-0.2, 0) is 15.8 Å². The first-order chi connectivity index (χ1) is 16.3. The third-order valence-electron chi connectivity index (χ3n) is 7.30. The molecule has 3 rings (SSSR count). The summed E-state index contributed by atoms with van der Waals surface area (Å²) in [6.45, 7) is 10.0. The topological polar surface area (TPSA) is 96.3 Å². The second kappa shape index (κ2) is 9.99. The van der Waals surface area contributed by atoms with Crippen molar-refractivity contribution in [1.82, 2.24) is 4.90 Å². The van der Waals surface area contributed by atoms with Crippen LogP contribution >= 0.6 is 0 Å². The fourth-order valence-corrected chi connectivity index (χ4v) is 5.08. The molecule has 1 aliphatic heterocycles. The number of halogens is 1. The Morgan fingerprint density at radius 2 is 1.74 bits per heavy atom. The molecule has 0 spiro atoms. The lowest BCUT2D eigenvalue weighted by molar-refractivity contribution is -0.151. The number of benzene rings is 2. The maximum atomic E-state index is 13.8. The summed E-state index contributed by atoms with van der Waals surface area (Å²) in [5.41, 5.74) is -0.565. The van der Waals surface area contributed by atoms with Gasteiger partial charge in [0, 0.05) is 5.56 Å². The lowest BCUT2D eigenvalue weighted by atomic mass is 9.98. The maximum Gasteiger partial charge on any atom is 0.408 e. The van der Waals surface area contributed by atoms with Gasteiger partial charge in [-0.3, -0.25) is 4.90 Å². The molecule has 0 bridgehead atoms.